The van der Waals surface area contributed by atoms with Gasteiger partial charge in [-0.05, 0) is 25.8 Å². The Morgan fingerprint density at radius 3 is 2.78 bits per heavy atom. The molecule has 1 unspecified atom stereocenters. The molecule has 3 aromatic heterocycles. The number of carbonyl (C=O) groups excluding carboxylic acids is 1. The molecule has 9 heteroatoms. The van der Waals surface area contributed by atoms with E-state index in [1.165, 1.54) is 0 Å². The van der Waals surface area contributed by atoms with E-state index in [0.29, 0.717) is 23.5 Å². The van der Waals surface area contributed by atoms with Crippen LogP contribution in [0.5, 0.6) is 5.75 Å². The predicted octanol–water partition coefficient (Wildman–Crippen LogP) is 2.35. The lowest BCUT2D eigenvalue weighted by Crippen LogP contribution is -2.56. The van der Waals surface area contributed by atoms with E-state index in [0.717, 1.165) is 61.6 Å². The number of nitrogens with one attached hydrogen (secondary N) is 2. The van der Waals surface area contributed by atoms with E-state index >= 15 is 0 Å². The van der Waals surface area contributed by atoms with Gasteiger partial charge < -0.3 is 24.5 Å². The second-order valence-corrected chi connectivity index (χ2v) is 9.06. The lowest BCUT2D eigenvalue weighted by molar-refractivity contribution is -0.117. The van der Waals surface area contributed by atoms with Crippen molar-refractivity contribution in [3.05, 3.63) is 36.5 Å². The maximum atomic E-state index is 12.1. The number of hydrogen-bond acceptors (Lipinski definition) is 7. The summed E-state index contributed by atoms with van der Waals surface area (Å²) in [7, 11) is 0. The first-order valence-corrected chi connectivity index (χ1v) is 11.2. The molecule has 1 saturated carbocycles. The molecule has 2 saturated heterocycles. The average Bonchev–Trinajstić information content (AvgIpc) is 3.55. The zero-order valence-corrected chi connectivity index (χ0v) is 18.0. The van der Waals surface area contributed by atoms with Crippen molar-refractivity contribution in [2.24, 2.45) is 5.92 Å². The molecule has 0 aromatic carbocycles. The van der Waals surface area contributed by atoms with Crippen LogP contribution >= 0.6 is 0 Å². The SMILES string of the molecule is Cc1cc(-c2cn3cc(NC(=O)C4CC4)nc3cn2)c(OC2C[C@H]3COC[C@@H](C2)N3)cn1. The van der Waals surface area contributed by atoms with Crippen LogP contribution in [0.2, 0.25) is 0 Å². The molecule has 2 aliphatic heterocycles. The number of imidazole rings is 1. The summed E-state index contributed by atoms with van der Waals surface area (Å²) in [4.78, 5) is 25.6. The third-order valence-corrected chi connectivity index (χ3v) is 6.32. The normalized spacial score (nSPS) is 25.0. The molecule has 1 aliphatic carbocycles. The highest BCUT2D eigenvalue weighted by Crippen LogP contribution is 2.33. The molecule has 3 aromatic rings. The van der Waals surface area contributed by atoms with Crippen molar-refractivity contribution >= 4 is 17.4 Å². The number of amides is 1. The Morgan fingerprint density at radius 1 is 1.19 bits per heavy atom. The number of piperidine rings is 1. The first-order valence-electron chi connectivity index (χ1n) is 11.2. The Bertz CT molecular complexity index is 1160. The van der Waals surface area contributed by atoms with Crippen LogP contribution in [0.4, 0.5) is 5.82 Å². The molecular formula is C23H26N6O3. The van der Waals surface area contributed by atoms with Crippen LogP contribution in [-0.4, -0.2) is 56.7 Å². The molecule has 2 N–H and O–H groups in total. The van der Waals surface area contributed by atoms with Gasteiger partial charge in [-0.2, -0.15) is 0 Å². The maximum absolute atomic E-state index is 12.1. The van der Waals surface area contributed by atoms with E-state index < -0.39 is 0 Å². The topological polar surface area (TPSA) is 103 Å². The van der Waals surface area contributed by atoms with Crippen LogP contribution in [0.3, 0.4) is 0 Å². The fourth-order valence-electron chi connectivity index (χ4n) is 4.57. The standard InChI is InChI=1S/C23H26N6O3/c1-13-4-18(20(7-24-13)32-17-5-15-11-31-12-16(6-17)26-15)19-9-29-10-21(27-22(29)8-25-19)28-23(30)14-2-3-14/h4,7-10,14-17,26H,2-3,5-6,11-12H2,1H3,(H,28,30)/t15-,16+,17?. The molecule has 3 aliphatic rings. The highest BCUT2D eigenvalue weighted by atomic mass is 16.5. The summed E-state index contributed by atoms with van der Waals surface area (Å²) in [6.45, 7) is 3.42. The Kier molecular flexibility index (Phi) is 4.80. The van der Waals surface area contributed by atoms with Gasteiger partial charge in [-0.15, -0.1) is 0 Å². The summed E-state index contributed by atoms with van der Waals surface area (Å²) in [5.74, 6) is 1.45. The third-order valence-electron chi connectivity index (χ3n) is 6.32. The maximum Gasteiger partial charge on any atom is 0.228 e. The summed E-state index contributed by atoms with van der Waals surface area (Å²) in [6, 6.07) is 2.67. The molecule has 6 rings (SSSR count). The van der Waals surface area contributed by atoms with E-state index in [1.54, 1.807) is 12.4 Å². The minimum absolute atomic E-state index is 0.0409. The number of fused-ring (bicyclic) bond motifs is 3. The highest BCUT2D eigenvalue weighted by Gasteiger charge is 2.33. The van der Waals surface area contributed by atoms with Crippen LogP contribution < -0.4 is 15.4 Å². The zero-order valence-electron chi connectivity index (χ0n) is 18.0. The van der Waals surface area contributed by atoms with Crippen molar-refractivity contribution in [2.75, 3.05) is 18.5 Å². The van der Waals surface area contributed by atoms with E-state index in [9.17, 15) is 4.79 Å². The van der Waals surface area contributed by atoms with Gasteiger partial charge in [0.15, 0.2) is 11.5 Å². The van der Waals surface area contributed by atoms with Gasteiger partial charge in [0, 0.05) is 48.3 Å². The van der Waals surface area contributed by atoms with Gasteiger partial charge in [0.05, 0.1) is 37.5 Å². The molecule has 2 bridgehead atoms. The van der Waals surface area contributed by atoms with E-state index in [4.69, 9.17) is 9.47 Å². The van der Waals surface area contributed by atoms with Gasteiger partial charge in [-0.25, -0.2) is 4.98 Å². The van der Waals surface area contributed by atoms with Crippen molar-refractivity contribution in [3.8, 4) is 17.0 Å². The van der Waals surface area contributed by atoms with Crippen molar-refractivity contribution in [2.45, 2.75) is 50.8 Å². The predicted molar refractivity (Wildman–Crippen MR) is 117 cm³/mol. The number of rotatable bonds is 5. The number of morpholine rings is 1. The molecular weight excluding hydrogens is 408 g/mol. The van der Waals surface area contributed by atoms with Gasteiger partial charge in [0.1, 0.15) is 11.9 Å². The second-order valence-electron chi connectivity index (χ2n) is 9.06. The average molecular weight is 435 g/mol. The Labute approximate surface area is 185 Å². The van der Waals surface area contributed by atoms with Crippen molar-refractivity contribution in [1.29, 1.82) is 0 Å². The van der Waals surface area contributed by atoms with Crippen LogP contribution in [0.25, 0.3) is 16.9 Å². The summed E-state index contributed by atoms with van der Waals surface area (Å²) in [5.41, 5.74) is 3.25. The zero-order chi connectivity index (χ0) is 21.7. The number of ether oxygens (including phenoxy) is 2. The number of hydrogen-bond donors (Lipinski definition) is 2. The van der Waals surface area contributed by atoms with Gasteiger partial charge in [0.2, 0.25) is 5.91 Å². The Hall–Kier alpha value is -3.04. The molecule has 3 fully saturated rings. The monoisotopic (exact) mass is 434 g/mol. The number of nitrogens with zero attached hydrogens (tertiary/aromatic N) is 4. The smallest absolute Gasteiger partial charge is 0.228 e. The minimum atomic E-state index is 0.0409. The first kappa shape index (κ1) is 19.6. The Balaban J connectivity index is 1.27. The van der Waals surface area contributed by atoms with Crippen molar-refractivity contribution in [1.82, 2.24) is 24.7 Å². The van der Waals surface area contributed by atoms with Crippen LogP contribution in [0.15, 0.2) is 30.9 Å². The molecule has 1 amide bonds. The quantitative estimate of drug-likeness (QED) is 0.635. The van der Waals surface area contributed by atoms with Crippen LogP contribution in [0.1, 0.15) is 31.4 Å². The van der Waals surface area contributed by atoms with Gasteiger partial charge in [0.25, 0.3) is 0 Å². The van der Waals surface area contributed by atoms with Gasteiger partial charge in [-0.1, -0.05) is 0 Å². The van der Waals surface area contributed by atoms with Crippen LogP contribution in [-0.2, 0) is 9.53 Å². The summed E-state index contributed by atoms with van der Waals surface area (Å²) < 4.78 is 14.0. The first-order chi connectivity index (χ1) is 15.6. The number of anilines is 1. The third kappa shape index (κ3) is 3.93. The molecule has 5 heterocycles. The van der Waals surface area contributed by atoms with Crippen LogP contribution in [0, 0.1) is 12.8 Å². The minimum Gasteiger partial charge on any atom is -0.488 e. The highest BCUT2D eigenvalue weighted by molar-refractivity contribution is 5.93. The van der Waals surface area contributed by atoms with Gasteiger partial charge in [-0.3, -0.25) is 14.8 Å². The van der Waals surface area contributed by atoms with E-state index in [2.05, 4.69) is 25.6 Å². The van der Waals surface area contributed by atoms with Crippen molar-refractivity contribution in [3.63, 3.8) is 0 Å². The summed E-state index contributed by atoms with van der Waals surface area (Å²) in [5, 5.41) is 6.49. The molecule has 0 spiro atoms. The van der Waals surface area contributed by atoms with E-state index in [1.807, 2.05) is 29.8 Å². The summed E-state index contributed by atoms with van der Waals surface area (Å²) >= 11 is 0. The molecule has 3 atom stereocenters. The number of aryl methyl sites for hydroxylation is 1. The lowest BCUT2D eigenvalue weighted by Gasteiger charge is -2.40. The van der Waals surface area contributed by atoms with Gasteiger partial charge >= 0.3 is 0 Å². The Morgan fingerprint density at radius 2 is 2.00 bits per heavy atom. The molecule has 9 nitrogen and oxygen atoms in total. The number of carbonyl (C=O) groups is 1. The van der Waals surface area contributed by atoms with Crippen molar-refractivity contribution < 1.29 is 14.3 Å². The fourth-order valence-corrected chi connectivity index (χ4v) is 4.57. The fraction of sp³-hybridized carbons (Fsp3) is 0.478. The molecule has 32 heavy (non-hydrogen) atoms. The number of pyridine rings is 1. The largest absolute Gasteiger partial charge is 0.488 e. The lowest BCUT2D eigenvalue weighted by atomic mass is 9.94. The van der Waals surface area contributed by atoms with E-state index in [-0.39, 0.29) is 17.9 Å². The second kappa shape index (κ2) is 7.83. The molecule has 166 valence electrons. The number of aromatic nitrogens is 4. The summed E-state index contributed by atoms with van der Waals surface area (Å²) in [6.07, 6.45) is 11.1. The molecule has 0 radical (unpaired) electrons.